The maximum absolute atomic E-state index is 6.84. The van der Waals surface area contributed by atoms with Gasteiger partial charge >= 0.3 is 5.79 Å². The highest BCUT2D eigenvalue weighted by Crippen LogP contribution is 2.53. The van der Waals surface area contributed by atoms with Crippen molar-refractivity contribution < 1.29 is 14.2 Å². The lowest BCUT2D eigenvalue weighted by Crippen LogP contribution is -2.39. The van der Waals surface area contributed by atoms with Gasteiger partial charge in [0.05, 0.1) is 12.7 Å². The fourth-order valence-corrected chi connectivity index (χ4v) is 4.86. The van der Waals surface area contributed by atoms with E-state index in [1.807, 2.05) is 113 Å². The Hall–Kier alpha value is -3.80. The molecular formula is C32H34N2O3. The van der Waals surface area contributed by atoms with E-state index in [-0.39, 0.29) is 0 Å². The Morgan fingerprint density at radius 3 is 1.57 bits per heavy atom. The van der Waals surface area contributed by atoms with Crippen molar-refractivity contribution in [3.63, 3.8) is 0 Å². The molecule has 1 aliphatic carbocycles. The number of ether oxygens (including phenoxy) is 3. The van der Waals surface area contributed by atoms with E-state index >= 15 is 0 Å². The standard InChI is InChI=1S/C32H34N2O3/c1-30(2,33)21-13-17-23(18-14-21)36-32(37-24-19-15-22(16-20-24)31(3,4)34)26-10-7-6-9-25(26)29-27(32)11-8-12-28(29)35-5/h6-20H,33-34H2,1-5H3. The number of fused-ring (bicyclic) bond motifs is 3. The van der Waals surface area contributed by atoms with Gasteiger partial charge in [0.2, 0.25) is 0 Å². The van der Waals surface area contributed by atoms with Crippen LogP contribution < -0.4 is 25.7 Å². The van der Waals surface area contributed by atoms with Crippen molar-refractivity contribution in [2.45, 2.75) is 44.6 Å². The summed E-state index contributed by atoms with van der Waals surface area (Å²) >= 11 is 0. The van der Waals surface area contributed by atoms with Crippen molar-refractivity contribution in [3.05, 3.63) is 113 Å². The largest absolute Gasteiger partial charge is 0.496 e. The van der Waals surface area contributed by atoms with Crippen molar-refractivity contribution in [2.24, 2.45) is 11.5 Å². The van der Waals surface area contributed by atoms with Gasteiger partial charge in [0.1, 0.15) is 17.2 Å². The molecule has 5 nitrogen and oxygen atoms in total. The molecule has 0 unspecified atom stereocenters. The average molecular weight is 495 g/mol. The molecule has 5 rings (SSSR count). The summed E-state index contributed by atoms with van der Waals surface area (Å²) in [5.74, 6) is 0.857. The summed E-state index contributed by atoms with van der Waals surface area (Å²) in [7, 11) is 1.68. The van der Waals surface area contributed by atoms with Crippen molar-refractivity contribution >= 4 is 0 Å². The second-order valence-corrected chi connectivity index (χ2v) is 10.7. The summed E-state index contributed by atoms with van der Waals surface area (Å²) in [5, 5.41) is 0. The smallest absolute Gasteiger partial charge is 0.306 e. The number of methoxy groups -OCH3 is 1. The molecule has 5 heteroatoms. The SMILES string of the molecule is COc1cccc2c1-c1ccccc1C2(Oc1ccc(C(C)(C)N)cc1)Oc1ccc(C(C)(C)N)cc1. The van der Waals surface area contributed by atoms with Gasteiger partial charge in [-0.1, -0.05) is 54.6 Å². The van der Waals surface area contributed by atoms with Crippen molar-refractivity contribution in [3.8, 4) is 28.4 Å². The van der Waals surface area contributed by atoms with Crippen LogP contribution in [0.2, 0.25) is 0 Å². The number of benzene rings is 4. The number of hydrogen-bond donors (Lipinski definition) is 2. The topological polar surface area (TPSA) is 79.7 Å². The summed E-state index contributed by atoms with van der Waals surface area (Å²) in [4.78, 5) is 0. The molecule has 0 saturated carbocycles. The molecule has 37 heavy (non-hydrogen) atoms. The summed E-state index contributed by atoms with van der Waals surface area (Å²) in [6.07, 6.45) is 0. The van der Waals surface area contributed by atoms with Crippen LogP contribution in [-0.4, -0.2) is 7.11 Å². The molecule has 0 atom stereocenters. The van der Waals surface area contributed by atoms with Gasteiger partial charge in [-0.3, -0.25) is 0 Å². The second kappa shape index (κ2) is 8.94. The van der Waals surface area contributed by atoms with E-state index in [0.29, 0.717) is 11.5 Å². The first-order valence-corrected chi connectivity index (χ1v) is 12.5. The third-order valence-corrected chi connectivity index (χ3v) is 6.87. The average Bonchev–Trinajstić information content (AvgIpc) is 3.13. The van der Waals surface area contributed by atoms with Gasteiger partial charge in [-0.25, -0.2) is 0 Å². The monoisotopic (exact) mass is 494 g/mol. The molecule has 0 saturated heterocycles. The molecule has 4 aromatic carbocycles. The van der Waals surface area contributed by atoms with Gasteiger partial charge in [-0.15, -0.1) is 0 Å². The highest BCUT2D eigenvalue weighted by Gasteiger charge is 2.49. The molecule has 4 N–H and O–H groups in total. The molecule has 0 heterocycles. The van der Waals surface area contributed by atoms with Crippen LogP contribution >= 0.6 is 0 Å². The molecule has 0 radical (unpaired) electrons. The first kappa shape index (κ1) is 24.9. The van der Waals surface area contributed by atoms with Crippen LogP contribution in [0.5, 0.6) is 17.2 Å². The van der Waals surface area contributed by atoms with E-state index in [4.69, 9.17) is 25.7 Å². The number of rotatable bonds is 7. The molecule has 1 aliphatic rings. The van der Waals surface area contributed by atoms with Gasteiger partial charge in [-0.05, 0) is 80.8 Å². The van der Waals surface area contributed by atoms with Crippen LogP contribution in [0.3, 0.4) is 0 Å². The van der Waals surface area contributed by atoms with Crippen LogP contribution in [-0.2, 0) is 16.9 Å². The molecule has 0 aromatic heterocycles. The zero-order valence-electron chi connectivity index (χ0n) is 22.0. The summed E-state index contributed by atoms with van der Waals surface area (Å²) in [5.41, 5.74) is 17.5. The van der Waals surface area contributed by atoms with Crippen LogP contribution in [0, 0.1) is 0 Å². The zero-order valence-corrected chi connectivity index (χ0v) is 22.0. The Morgan fingerprint density at radius 1 is 0.595 bits per heavy atom. The van der Waals surface area contributed by atoms with E-state index in [1.165, 1.54) is 0 Å². The second-order valence-electron chi connectivity index (χ2n) is 10.7. The first-order chi connectivity index (χ1) is 17.5. The Balaban J connectivity index is 1.67. The summed E-state index contributed by atoms with van der Waals surface area (Å²) in [6.45, 7) is 7.93. The number of nitrogens with two attached hydrogens (primary N) is 2. The van der Waals surface area contributed by atoms with Crippen molar-refractivity contribution in [1.82, 2.24) is 0 Å². The van der Waals surface area contributed by atoms with E-state index in [9.17, 15) is 0 Å². The van der Waals surface area contributed by atoms with Crippen LogP contribution in [0.1, 0.15) is 49.9 Å². The lowest BCUT2D eigenvalue weighted by Gasteiger charge is -2.33. The quantitative estimate of drug-likeness (QED) is 0.290. The highest BCUT2D eigenvalue weighted by molar-refractivity contribution is 5.84. The third kappa shape index (κ3) is 4.45. The number of hydrogen-bond acceptors (Lipinski definition) is 5. The third-order valence-electron chi connectivity index (χ3n) is 6.87. The molecule has 0 aliphatic heterocycles. The summed E-state index contributed by atoms with van der Waals surface area (Å²) in [6, 6.07) is 29.8. The Labute approximate surface area is 219 Å². The van der Waals surface area contributed by atoms with Gasteiger partial charge in [0.25, 0.3) is 0 Å². The molecule has 0 amide bonds. The minimum atomic E-state index is -1.24. The minimum absolute atomic E-state index is 0.453. The van der Waals surface area contributed by atoms with Crippen LogP contribution in [0.25, 0.3) is 11.1 Å². The van der Waals surface area contributed by atoms with Gasteiger partial charge in [-0.2, -0.15) is 0 Å². The highest BCUT2D eigenvalue weighted by atomic mass is 16.7. The van der Waals surface area contributed by atoms with Crippen LogP contribution in [0.15, 0.2) is 91.0 Å². The molecule has 0 fully saturated rings. The molecule has 4 aromatic rings. The van der Waals surface area contributed by atoms with Gasteiger partial charge in [0, 0.05) is 22.2 Å². The lowest BCUT2D eigenvalue weighted by molar-refractivity contribution is -0.0806. The van der Waals surface area contributed by atoms with Crippen molar-refractivity contribution in [2.75, 3.05) is 7.11 Å². The normalized spacial score (nSPS) is 14.0. The predicted octanol–water partition coefficient (Wildman–Crippen LogP) is 6.42. The van der Waals surface area contributed by atoms with E-state index < -0.39 is 16.9 Å². The van der Waals surface area contributed by atoms with E-state index in [2.05, 4.69) is 6.07 Å². The Kier molecular flexibility index (Phi) is 6.01. The van der Waals surface area contributed by atoms with Gasteiger partial charge in [0.15, 0.2) is 0 Å². The van der Waals surface area contributed by atoms with Crippen molar-refractivity contribution in [1.29, 1.82) is 0 Å². The fraction of sp³-hybridized carbons (Fsp3) is 0.250. The fourth-order valence-electron chi connectivity index (χ4n) is 4.86. The van der Waals surface area contributed by atoms with E-state index in [0.717, 1.165) is 39.1 Å². The molecule has 0 bridgehead atoms. The van der Waals surface area contributed by atoms with Gasteiger partial charge < -0.3 is 25.7 Å². The predicted molar refractivity (Wildman–Crippen MR) is 148 cm³/mol. The maximum Gasteiger partial charge on any atom is 0.306 e. The van der Waals surface area contributed by atoms with Crippen LogP contribution in [0.4, 0.5) is 0 Å². The summed E-state index contributed by atoms with van der Waals surface area (Å²) < 4.78 is 19.5. The minimum Gasteiger partial charge on any atom is -0.496 e. The van der Waals surface area contributed by atoms with E-state index in [1.54, 1.807) is 7.11 Å². The first-order valence-electron chi connectivity index (χ1n) is 12.5. The Bertz CT molecular complexity index is 1350. The molecular weight excluding hydrogens is 460 g/mol. The zero-order chi connectivity index (χ0) is 26.4. The maximum atomic E-state index is 6.84. The molecule has 190 valence electrons. The lowest BCUT2D eigenvalue weighted by atomic mass is 9.95. The Morgan fingerprint density at radius 2 is 1.08 bits per heavy atom. The molecule has 0 spiro atoms.